The second kappa shape index (κ2) is 7.71. The monoisotopic (exact) mass is 296 g/mol. The number of aliphatic carboxylic acids is 1. The summed E-state index contributed by atoms with van der Waals surface area (Å²) in [7, 11) is 0. The summed E-state index contributed by atoms with van der Waals surface area (Å²) in [5.74, 6) is 0.930. The maximum Gasteiger partial charge on any atom is 0.315 e. The van der Waals surface area contributed by atoms with Gasteiger partial charge in [-0.15, -0.1) is 0 Å². The van der Waals surface area contributed by atoms with Crippen LogP contribution in [-0.2, 0) is 4.79 Å². The summed E-state index contributed by atoms with van der Waals surface area (Å²) in [6, 6.07) is 1.51. The van der Waals surface area contributed by atoms with E-state index < -0.39 is 5.97 Å². The summed E-state index contributed by atoms with van der Waals surface area (Å²) < 4.78 is 5.44. The Labute approximate surface area is 124 Å². The van der Waals surface area contributed by atoms with Crippen molar-refractivity contribution in [1.82, 2.24) is 10.6 Å². The van der Waals surface area contributed by atoms with Crippen molar-refractivity contribution < 1.29 is 19.1 Å². The standard InChI is InChI=1S/C15H24N2O4/c1-9(5-6-14(18)19)8-16-15(20)17-11(3)13-7-10(2)21-12(13)4/h7,9,11H,5-6,8H2,1-4H3,(H,18,19)(H2,16,17,20). The zero-order valence-corrected chi connectivity index (χ0v) is 13.0. The minimum absolute atomic E-state index is 0.119. The second-order valence-corrected chi connectivity index (χ2v) is 5.48. The summed E-state index contributed by atoms with van der Waals surface area (Å²) in [6.07, 6.45) is 0.666. The number of urea groups is 1. The van der Waals surface area contributed by atoms with Crippen molar-refractivity contribution in [2.45, 2.75) is 46.6 Å². The van der Waals surface area contributed by atoms with E-state index in [1.807, 2.05) is 33.8 Å². The van der Waals surface area contributed by atoms with Gasteiger partial charge in [0.15, 0.2) is 0 Å². The Morgan fingerprint density at radius 1 is 1.33 bits per heavy atom. The van der Waals surface area contributed by atoms with Crippen molar-refractivity contribution in [3.63, 3.8) is 0 Å². The highest BCUT2D eigenvalue weighted by Gasteiger charge is 2.15. The number of carboxylic acids is 1. The Bertz CT molecular complexity index is 496. The molecule has 0 aliphatic heterocycles. The zero-order chi connectivity index (χ0) is 16.0. The van der Waals surface area contributed by atoms with Crippen LogP contribution in [0.4, 0.5) is 4.79 Å². The molecule has 0 saturated heterocycles. The van der Waals surface area contributed by atoms with Gasteiger partial charge < -0.3 is 20.2 Å². The average Bonchev–Trinajstić information content (AvgIpc) is 2.73. The Hall–Kier alpha value is -1.98. The quantitative estimate of drug-likeness (QED) is 0.721. The van der Waals surface area contributed by atoms with Crippen LogP contribution in [0.3, 0.4) is 0 Å². The zero-order valence-electron chi connectivity index (χ0n) is 13.0. The molecule has 0 aliphatic rings. The molecule has 1 heterocycles. The predicted octanol–water partition coefficient (Wildman–Crippen LogP) is 2.76. The Morgan fingerprint density at radius 2 is 2.00 bits per heavy atom. The van der Waals surface area contributed by atoms with Crippen LogP contribution in [0.25, 0.3) is 0 Å². The van der Waals surface area contributed by atoms with Gasteiger partial charge >= 0.3 is 12.0 Å². The number of carbonyl (C=O) groups is 2. The van der Waals surface area contributed by atoms with Crippen LogP contribution >= 0.6 is 0 Å². The number of rotatable bonds is 7. The minimum atomic E-state index is -0.814. The van der Waals surface area contributed by atoms with E-state index in [9.17, 15) is 9.59 Å². The van der Waals surface area contributed by atoms with Crippen molar-refractivity contribution >= 4 is 12.0 Å². The first kappa shape index (κ1) is 17.1. The molecule has 2 unspecified atom stereocenters. The molecule has 0 radical (unpaired) electrons. The van der Waals surface area contributed by atoms with Crippen LogP contribution in [0.5, 0.6) is 0 Å². The van der Waals surface area contributed by atoms with E-state index >= 15 is 0 Å². The summed E-state index contributed by atoms with van der Waals surface area (Å²) in [5.41, 5.74) is 0.960. The van der Waals surface area contributed by atoms with Gasteiger partial charge in [-0.05, 0) is 39.2 Å². The minimum Gasteiger partial charge on any atom is -0.481 e. The highest BCUT2D eigenvalue weighted by Crippen LogP contribution is 2.20. The highest BCUT2D eigenvalue weighted by atomic mass is 16.4. The van der Waals surface area contributed by atoms with Crippen LogP contribution in [0.2, 0.25) is 0 Å². The Kier molecular flexibility index (Phi) is 6.27. The molecule has 118 valence electrons. The van der Waals surface area contributed by atoms with E-state index in [0.29, 0.717) is 13.0 Å². The van der Waals surface area contributed by atoms with E-state index in [2.05, 4.69) is 10.6 Å². The molecule has 1 rings (SSSR count). The molecule has 0 spiro atoms. The fourth-order valence-electron chi connectivity index (χ4n) is 2.14. The summed E-state index contributed by atoms with van der Waals surface area (Å²) in [5, 5.41) is 14.2. The second-order valence-electron chi connectivity index (χ2n) is 5.48. The first-order valence-electron chi connectivity index (χ1n) is 7.12. The molecule has 2 amide bonds. The Balaban J connectivity index is 2.36. The normalized spacial score (nSPS) is 13.5. The summed E-state index contributed by atoms with van der Waals surface area (Å²) >= 11 is 0. The third-order valence-electron chi connectivity index (χ3n) is 3.36. The SMILES string of the molecule is Cc1cc(C(C)NC(=O)NCC(C)CCC(=O)O)c(C)o1. The van der Waals surface area contributed by atoms with Crippen molar-refractivity contribution in [1.29, 1.82) is 0 Å². The molecule has 0 fully saturated rings. The highest BCUT2D eigenvalue weighted by molar-refractivity contribution is 5.74. The third-order valence-corrected chi connectivity index (χ3v) is 3.36. The summed E-state index contributed by atoms with van der Waals surface area (Å²) in [4.78, 5) is 22.3. The van der Waals surface area contributed by atoms with Crippen LogP contribution in [0.15, 0.2) is 10.5 Å². The van der Waals surface area contributed by atoms with Gasteiger partial charge in [0, 0.05) is 18.5 Å². The molecule has 21 heavy (non-hydrogen) atoms. The number of aryl methyl sites for hydroxylation is 2. The number of hydrogen-bond donors (Lipinski definition) is 3. The molecular weight excluding hydrogens is 272 g/mol. The number of amides is 2. The number of carboxylic acid groups (broad SMARTS) is 1. The van der Waals surface area contributed by atoms with Crippen molar-refractivity contribution in [3.8, 4) is 0 Å². The van der Waals surface area contributed by atoms with Crippen LogP contribution in [0, 0.1) is 19.8 Å². The van der Waals surface area contributed by atoms with Crippen LogP contribution < -0.4 is 10.6 Å². The molecule has 1 aromatic rings. The van der Waals surface area contributed by atoms with Crippen molar-refractivity contribution in [2.75, 3.05) is 6.54 Å². The van der Waals surface area contributed by atoms with Gasteiger partial charge in [0.1, 0.15) is 11.5 Å². The average molecular weight is 296 g/mol. The molecule has 2 atom stereocenters. The van der Waals surface area contributed by atoms with Gasteiger partial charge in [0.25, 0.3) is 0 Å². The third kappa shape index (κ3) is 5.89. The van der Waals surface area contributed by atoms with Crippen LogP contribution in [0.1, 0.15) is 49.8 Å². The molecule has 0 aliphatic carbocycles. The van der Waals surface area contributed by atoms with Gasteiger partial charge in [-0.2, -0.15) is 0 Å². The van der Waals surface area contributed by atoms with E-state index in [0.717, 1.165) is 17.1 Å². The van der Waals surface area contributed by atoms with Gasteiger partial charge in [-0.1, -0.05) is 6.92 Å². The predicted molar refractivity (Wildman–Crippen MR) is 79.2 cm³/mol. The fourth-order valence-corrected chi connectivity index (χ4v) is 2.14. The number of carbonyl (C=O) groups excluding carboxylic acids is 1. The van der Waals surface area contributed by atoms with Gasteiger partial charge in [-0.25, -0.2) is 4.79 Å². The lowest BCUT2D eigenvalue weighted by Crippen LogP contribution is -2.39. The molecule has 0 aromatic carbocycles. The lowest BCUT2D eigenvalue weighted by molar-refractivity contribution is -0.137. The molecule has 3 N–H and O–H groups in total. The lowest BCUT2D eigenvalue weighted by atomic mass is 10.1. The van der Waals surface area contributed by atoms with Crippen molar-refractivity contribution in [3.05, 3.63) is 23.2 Å². The van der Waals surface area contributed by atoms with E-state index in [4.69, 9.17) is 9.52 Å². The number of furan rings is 1. The van der Waals surface area contributed by atoms with E-state index in [1.54, 1.807) is 0 Å². The smallest absolute Gasteiger partial charge is 0.315 e. The van der Waals surface area contributed by atoms with Gasteiger partial charge in [0.2, 0.25) is 0 Å². The maximum atomic E-state index is 11.8. The lowest BCUT2D eigenvalue weighted by Gasteiger charge is -2.16. The Morgan fingerprint density at radius 3 is 2.52 bits per heavy atom. The molecular formula is C15H24N2O4. The maximum absolute atomic E-state index is 11.8. The topological polar surface area (TPSA) is 91.6 Å². The first-order chi connectivity index (χ1) is 9.79. The number of hydrogen-bond acceptors (Lipinski definition) is 3. The van der Waals surface area contributed by atoms with Gasteiger partial charge in [0.05, 0.1) is 6.04 Å². The van der Waals surface area contributed by atoms with E-state index in [-0.39, 0.29) is 24.4 Å². The van der Waals surface area contributed by atoms with Crippen molar-refractivity contribution in [2.24, 2.45) is 5.92 Å². The largest absolute Gasteiger partial charge is 0.481 e. The molecule has 1 aromatic heterocycles. The molecule has 6 nitrogen and oxygen atoms in total. The molecule has 6 heteroatoms. The molecule has 0 bridgehead atoms. The first-order valence-corrected chi connectivity index (χ1v) is 7.12. The van der Waals surface area contributed by atoms with Gasteiger partial charge in [-0.3, -0.25) is 4.79 Å². The van der Waals surface area contributed by atoms with Crippen LogP contribution in [-0.4, -0.2) is 23.7 Å². The molecule has 0 saturated carbocycles. The fraction of sp³-hybridized carbons (Fsp3) is 0.600. The number of nitrogens with one attached hydrogen (secondary N) is 2. The summed E-state index contributed by atoms with van der Waals surface area (Å²) in [6.45, 7) is 8.00. The van der Waals surface area contributed by atoms with E-state index in [1.165, 1.54) is 0 Å².